The lowest BCUT2D eigenvalue weighted by molar-refractivity contribution is 1.32. The van der Waals surface area contributed by atoms with Gasteiger partial charge in [0.1, 0.15) is 0 Å². The van der Waals surface area contributed by atoms with Gasteiger partial charge in [-0.2, -0.15) is 0 Å². The van der Waals surface area contributed by atoms with Crippen molar-refractivity contribution >= 4 is 131 Å². The normalized spacial score (nSPS) is 11.8. The van der Waals surface area contributed by atoms with Crippen molar-refractivity contribution < 1.29 is 0 Å². The summed E-state index contributed by atoms with van der Waals surface area (Å²) in [4.78, 5) is 5.04. The quantitative estimate of drug-likeness (QED) is 0.154. The van der Waals surface area contributed by atoms with Gasteiger partial charge in [0.15, 0.2) is 0 Å². The maximum atomic E-state index is 2.52. The molecule has 322 valence electrons. The Kier molecular flexibility index (Phi) is 8.84. The van der Waals surface area contributed by atoms with Crippen LogP contribution in [-0.2, 0) is 0 Å². The van der Waals surface area contributed by atoms with Gasteiger partial charge in [0.25, 0.3) is 0 Å². The first kappa shape index (κ1) is 39.2. The zero-order chi connectivity index (χ0) is 45.6. The van der Waals surface area contributed by atoms with Crippen LogP contribution in [0.4, 0.5) is 34.1 Å². The van der Waals surface area contributed by atoms with Crippen LogP contribution in [-0.4, -0.2) is 0 Å². The molecule has 14 rings (SSSR count). The molecule has 0 unspecified atom stereocenters. The molecule has 2 heteroatoms. The number of rotatable bonds is 6. The van der Waals surface area contributed by atoms with Gasteiger partial charge in [0.2, 0.25) is 0 Å². The predicted octanol–water partition coefficient (Wildman–Crippen LogP) is 19.3. The molecule has 0 aliphatic heterocycles. The smallest absolute Gasteiger partial charge is 0.0547 e. The lowest BCUT2D eigenvalue weighted by atomic mass is 9.91. The zero-order valence-electron chi connectivity index (χ0n) is 38.1. The minimum atomic E-state index is 1.11. The third-order valence-corrected chi connectivity index (χ3v) is 14.6. The number of fused-ring (bicyclic) bond motifs is 15. The van der Waals surface area contributed by atoms with E-state index in [1.165, 1.54) is 103 Å². The molecule has 0 fully saturated rings. The summed E-state index contributed by atoms with van der Waals surface area (Å²) in [7, 11) is 0. The van der Waals surface area contributed by atoms with E-state index in [1.807, 2.05) is 0 Å². The fraction of sp³-hybridized carbons (Fsp3) is 0.0149. The molecule has 0 atom stereocenters. The molecular weight excluding hydrogens is 833 g/mol. The van der Waals surface area contributed by atoms with E-state index in [2.05, 4.69) is 265 Å². The van der Waals surface area contributed by atoms with Crippen LogP contribution >= 0.6 is 0 Å². The summed E-state index contributed by atoms with van der Waals surface area (Å²) in [6, 6.07) is 92.3. The van der Waals surface area contributed by atoms with Crippen molar-refractivity contribution in [3.8, 4) is 0 Å². The third-order valence-electron chi connectivity index (χ3n) is 14.6. The molecule has 0 bridgehead atoms. The monoisotopic (exact) mass is 876 g/mol. The molecule has 0 aromatic heterocycles. The topological polar surface area (TPSA) is 6.48 Å². The standard InChI is InChI=1S/C67H44N2/c1-43-32-35-55-62-41-66(68(46-20-4-2-5-21-46)64-39-59-48-24-10-8-18-44(48)33-36-53(59)50-26-12-15-29-56(50)64)58-31-17-14-28-52(58)61(62)42-67(63(55)38-43)69(47-22-6-3-7-23-47)65-40-60-49-25-11-9-19-45(49)34-37-54(60)51-27-13-16-30-57(51)65/h2-42H,1H3. The third kappa shape index (κ3) is 6.12. The van der Waals surface area contributed by atoms with E-state index < -0.39 is 0 Å². The molecule has 0 spiro atoms. The number of benzene rings is 14. The van der Waals surface area contributed by atoms with Gasteiger partial charge in [0.05, 0.1) is 22.7 Å². The minimum absolute atomic E-state index is 1.11. The van der Waals surface area contributed by atoms with E-state index in [4.69, 9.17) is 0 Å². The molecule has 0 aliphatic rings. The number of nitrogens with zero attached hydrogens (tertiary/aromatic N) is 2. The van der Waals surface area contributed by atoms with E-state index in [0.29, 0.717) is 0 Å². The maximum Gasteiger partial charge on any atom is 0.0547 e. The van der Waals surface area contributed by atoms with Gasteiger partial charge in [-0.15, -0.1) is 0 Å². The van der Waals surface area contributed by atoms with Gasteiger partial charge < -0.3 is 9.80 Å². The second-order valence-electron chi connectivity index (χ2n) is 18.5. The Labute approximate surface area is 400 Å². The van der Waals surface area contributed by atoms with E-state index in [1.54, 1.807) is 0 Å². The Hall–Kier alpha value is -8.98. The highest BCUT2D eigenvalue weighted by atomic mass is 15.2. The highest BCUT2D eigenvalue weighted by Gasteiger charge is 2.25. The summed E-state index contributed by atoms with van der Waals surface area (Å²) in [6.07, 6.45) is 0. The Balaban J connectivity index is 1.10. The van der Waals surface area contributed by atoms with Gasteiger partial charge in [-0.05, 0) is 137 Å². The maximum absolute atomic E-state index is 2.52. The summed E-state index contributed by atoms with van der Waals surface area (Å²) >= 11 is 0. The van der Waals surface area contributed by atoms with E-state index in [9.17, 15) is 0 Å². The fourth-order valence-electron chi connectivity index (χ4n) is 11.5. The number of para-hydroxylation sites is 2. The number of aryl methyl sites for hydroxylation is 1. The van der Waals surface area contributed by atoms with Crippen molar-refractivity contribution in [2.45, 2.75) is 6.92 Å². The molecule has 0 saturated heterocycles. The summed E-state index contributed by atoms with van der Waals surface area (Å²) < 4.78 is 0. The largest absolute Gasteiger partial charge is 0.309 e. The molecular formula is C67H44N2. The molecule has 14 aromatic rings. The van der Waals surface area contributed by atoms with Crippen LogP contribution in [0.3, 0.4) is 0 Å². The van der Waals surface area contributed by atoms with E-state index in [0.717, 1.165) is 34.1 Å². The SMILES string of the molecule is Cc1ccc2c(c1)c(N(c1ccccc1)c1cc3c4ccccc4ccc3c3ccccc13)cc1c3ccccc3c(N(c3ccccc3)c3cc4c5ccccc5ccc4c4ccccc34)cc21. The van der Waals surface area contributed by atoms with E-state index >= 15 is 0 Å². The molecule has 0 amide bonds. The van der Waals surface area contributed by atoms with Gasteiger partial charge in [-0.1, -0.05) is 200 Å². The molecule has 0 N–H and O–H groups in total. The van der Waals surface area contributed by atoms with Gasteiger partial charge >= 0.3 is 0 Å². The van der Waals surface area contributed by atoms with Crippen LogP contribution in [0, 0.1) is 6.92 Å². The fourth-order valence-corrected chi connectivity index (χ4v) is 11.5. The zero-order valence-corrected chi connectivity index (χ0v) is 38.1. The van der Waals surface area contributed by atoms with E-state index in [-0.39, 0.29) is 0 Å². The van der Waals surface area contributed by atoms with Gasteiger partial charge in [-0.25, -0.2) is 0 Å². The summed E-state index contributed by atoms with van der Waals surface area (Å²) in [5, 5.41) is 22.1. The molecule has 0 radical (unpaired) electrons. The van der Waals surface area contributed by atoms with Gasteiger partial charge in [0, 0.05) is 32.9 Å². The highest BCUT2D eigenvalue weighted by Crippen LogP contribution is 2.51. The van der Waals surface area contributed by atoms with Crippen molar-refractivity contribution in [1.29, 1.82) is 0 Å². The summed E-state index contributed by atoms with van der Waals surface area (Å²) in [5.41, 5.74) is 8.00. The molecule has 0 heterocycles. The van der Waals surface area contributed by atoms with Crippen molar-refractivity contribution in [2.75, 3.05) is 9.80 Å². The second kappa shape index (κ2) is 15.6. The van der Waals surface area contributed by atoms with Gasteiger partial charge in [-0.3, -0.25) is 0 Å². The average Bonchev–Trinajstić information content (AvgIpc) is 3.41. The lowest BCUT2D eigenvalue weighted by Crippen LogP contribution is -2.12. The minimum Gasteiger partial charge on any atom is -0.309 e. The van der Waals surface area contributed by atoms with Crippen molar-refractivity contribution in [3.05, 3.63) is 254 Å². The number of hydrogen-bond acceptors (Lipinski definition) is 2. The first-order valence-electron chi connectivity index (χ1n) is 23.9. The van der Waals surface area contributed by atoms with Crippen LogP contribution in [0.1, 0.15) is 5.56 Å². The van der Waals surface area contributed by atoms with Crippen molar-refractivity contribution in [3.63, 3.8) is 0 Å². The van der Waals surface area contributed by atoms with Crippen molar-refractivity contribution in [2.24, 2.45) is 0 Å². The first-order valence-corrected chi connectivity index (χ1v) is 23.9. The Morgan fingerprint density at radius 3 is 0.928 bits per heavy atom. The molecule has 0 aliphatic carbocycles. The second-order valence-corrected chi connectivity index (χ2v) is 18.5. The van der Waals surface area contributed by atoms with Crippen LogP contribution in [0.25, 0.3) is 97.0 Å². The number of hydrogen-bond donors (Lipinski definition) is 0. The Morgan fingerprint density at radius 2 is 0.493 bits per heavy atom. The first-order chi connectivity index (χ1) is 34.2. The molecule has 69 heavy (non-hydrogen) atoms. The molecule has 14 aromatic carbocycles. The van der Waals surface area contributed by atoms with Crippen LogP contribution < -0.4 is 9.80 Å². The summed E-state index contributed by atoms with van der Waals surface area (Å²) in [6.45, 7) is 2.22. The summed E-state index contributed by atoms with van der Waals surface area (Å²) in [5.74, 6) is 0. The van der Waals surface area contributed by atoms with Crippen LogP contribution in [0.15, 0.2) is 249 Å². The van der Waals surface area contributed by atoms with Crippen LogP contribution in [0.5, 0.6) is 0 Å². The predicted molar refractivity (Wildman–Crippen MR) is 298 cm³/mol. The van der Waals surface area contributed by atoms with Crippen LogP contribution in [0.2, 0.25) is 0 Å². The number of anilines is 6. The molecule has 0 saturated carbocycles. The highest BCUT2D eigenvalue weighted by molar-refractivity contribution is 6.28. The molecule has 2 nitrogen and oxygen atoms in total. The van der Waals surface area contributed by atoms with Crippen molar-refractivity contribution in [1.82, 2.24) is 0 Å². The average molecular weight is 877 g/mol. The Morgan fingerprint density at radius 1 is 0.203 bits per heavy atom. The lowest BCUT2D eigenvalue weighted by Gasteiger charge is -2.31. The Bertz CT molecular complexity index is 4380.